The third kappa shape index (κ3) is 9.36. The van der Waals surface area contributed by atoms with Gasteiger partial charge < -0.3 is 15.1 Å². The van der Waals surface area contributed by atoms with Gasteiger partial charge in [-0.2, -0.15) is 0 Å². The zero-order valence-electron chi connectivity index (χ0n) is 13.6. The Labute approximate surface area is 147 Å². The molecule has 0 unspecified atom stereocenters. The molecule has 0 amide bonds. The van der Waals surface area contributed by atoms with Crippen molar-refractivity contribution in [1.29, 1.82) is 0 Å². The molecule has 9 heteroatoms. The molecular formula is C15H24N4O4S. The second-order valence-electron chi connectivity index (χ2n) is 5.52. The Morgan fingerprint density at radius 2 is 1.50 bits per heavy atom. The summed E-state index contributed by atoms with van der Waals surface area (Å²) in [7, 11) is 0. The Kier molecular flexibility index (Phi) is 9.86. The third-order valence-corrected chi connectivity index (χ3v) is 3.77. The summed E-state index contributed by atoms with van der Waals surface area (Å²) in [5.74, 6) is -1.75. The van der Waals surface area contributed by atoms with Gasteiger partial charge in [0.2, 0.25) is 0 Å². The van der Waals surface area contributed by atoms with Crippen LogP contribution in [0, 0.1) is 0 Å². The standard InChI is InChI=1S/C15H24N4O4S/c20-14(21)11-18-7-5-17(4-2-1-3-16-13-24)6-8-19(10-9-18)12-15(22)23/h2,4H,1,3,5-12H2,(H,20,21)(H,22,23)/b4-2+. The molecule has 0 aliphatic carbocycles. The predicted octanol–water partition coefficient (Wildman–Crippen LogP) is 0.0818. The third-order valence-electron chi connectivity index (χ3n) is 3.65. The lowest BCUT2D eigenvalue weighted by Crippen LogP contribution is -2.40. The van der Waals surface area contributed by atoms with Crippen molar-refractivity contribution in [3.63, 3.8) is 0 Å². The van der Waals surface area contributed by atoms with Crippen LogP contribution < -0.4 is 0 Å². The van der Waals surface area contributed by atoms with E-state index in [1.165, 1.54) is 0 Å². The Balaban J connectivity index is 2.65. The highest BCUT2D eigenvalue weighted by Crippen LogP contribution is 2.02. The van der Waals surface area contributed by atoms with Gasteiger partial charge in [-0.05, 0) is 24.8 Å². The summed E-state index contributed by atoms with van der Waals surface area (Å²) in [5.41, 5.74) is 0. The highest BCUT2D eigenvalue weighted by molar-refractivity contribution is 7.78. The van der Waals surface area contributed by atoms with E-state index in [1.807, 2.05) is 22.1 Å². The topological polar surface area (TPSA) is 96.7 Å². The lowest BCUT2D eigenvalue weighted by molar-refractivity contribution is -0.140. The summed E-state index contributed by atoms with van der Waals surface area (Å²) in [4.78, 5) is 31.5. The van der Waals surface area contributed by atoms with Crippen molar-refractivity contribution < 1.29 is 19.8 Å². The molecule has 0 radical (unpaired) electrons. The average molecular weight is 356 g/mol. The number of carboxylic acid groups (broad SMARTS) is 2. The predicted molar refractivity (Wildman–Crippen MR) is 93.4 cm³/mol. The Hall–Kier alpha value is -1.80. The van der Waals surface area contributed by atoms with Crippen LogP contribution in [0.15, 0.2) is 17.3 Å². The number of aliphatic imine (C=N–C) groups is 1. The fourth-order valence-electron chi connectivity index (χ4n) is 2.41. The van der Waals surface area contributed by atoms with Crippen LogP contribution in [0.25, 0.3) is 0 Å². The Bertz CT molecular complexity index is 466. The first-order chi connectivity index (χ1) is 11.5. The van der Waals surface area contributed by atoms with E-state index < -0.39 is 11.9 Å². The lowest BCUT2D eigenvalue weighted by Gasteiger charge is -2.23. The zero-order chi connectivity index (χ0) is 17.8. The number of thiocarbonyl (C=S) groups is 1. The van der Waals surface area contributed by atoms with Crippen LogP contribution >= 0.6 is 12.2 Å². The van der Waals surface area contributed by atoms with Crippen molar-refractivity contribution in [2.24, 2.45) is 4.99 Å². The number of hydrogen-bond donors (Lipinski definition) is 2. The minimum absolute atomic E-state index is 0.0398. The molecule has 1 fully saturated rings. The second-order valence-corrected chi connectivity index (χ2v) is 5.70. The first-order valence-corrected chi connectivity index (χ1v) is 8.24. The largest absolute Gasteiger partial charge is 0.480 e. The zero-order valence-corrected chi connectivity index (χ0v) is 14.5. The van der Waals surface area contributed by atoms with Crippen LogP contribution in [0.3, 0.4) is 0 Å². The first-order valence-electron chi connectivity index (χ1n) is 7.84. The molecule has 8 nitrogen and oxygen atoms in total. The van der Waals surface area contributed by atoms with E-state index >= 15 is 0 Å². The SMILES string of the molecule is O=C(O)CN1CCN(/C=C/CCN=C=S)CCN(CC(=O)O)CC1. The first kappa shape index (κ1) is 20.2. The smallest absolute Gasteiger partial charge is 0.317 e. The normalized spacial score (nSPS) is 17.8. The molecule has 0 atom stereocenters. The van der Waals surface area contributed by atoms with Gasteiger partial charge in [-0.25, -0.2) is 4.99 Å². The van der Waals surface area contributed by atoms with Gasteiger partial charge in [-0.15, -0.1) is 0 Å². The molecule has 1 aliphatic rings. The van der Waals surface area contributed by atoms with E-state index in [4.69, 9.17) is 10.2 Å². The van der Waals surface area contributed by atoms with Crippen molar-refractivity contribution in [2.75, 3.05) is 58.9 Å². The molecule has 0 spiro atoms. The molecular weight excluding hydrogens is 332 g/mol. The summed E-state index contributed by atoms with van der Waals surface area (Å²) in [5, 5.41) is 20.3. The summed E-state index contributed by atoms with van der Waals surface area (Å²) >= 11 is 4.51. The Morgan fingerprint density at radius 3 is 1.96 bits per heavy atom. The highest BCUT2D eigenvalue weighted by atomic mass is 32.1. The minimum atomic E-state index is -0.876. The molecule has 0 aromatic heterocycles. The highest BCUT2D eigenvalue weighted by Gasteiger charge is 2.17. The maximum atomic E-state index is 11.0. The number of rotatable bonds is 8. The summed E-state index contributed by atoms with van der Waals surface area (Å²) in [6, 6.07) is 0. The molecule has 1 heterocycles. The monoisotopic (exact) mass is 356 g/mol. The molecule has 0 saturated carbocycles. The molecule has 0 aromatic rings. The van der Waals surface area contributed by atoms with Crippen molar-refractivity contribution >= 4 is 29.3 Å². The quantitative estimate of drug-likeness (QED) is 0.359. The van der Waals surface area contributed by atoms with Crippen molar-refractivity contribution in [3.05, 3.63) is 12.3 Å². The number of carboxylic acids is 2. The van der Waals surface area contributed by atoms with Crippen LogP contribution in [-0.4, -0.2) is 101 Å². The summed E-state index contributed by atoms with van der Waals surface area (Å²) in [6.45, 7) is 4.22. The van der Waals surface area contributed by atoms with E-state index in [9.17, 15) is 9.59 Å². The van der Waals surface area contributed by atoms with E-state index in [-0.39, 0.29) is 13.1 Å². The lowest BCUT2D eigenvalue weighted by atomic mass is 10.4. The van der Waals surface area contributed by atoms with Gasteiger partial charge in [0, 0.05) is 39.3 Å². The maximum Gasteiger partial charge on any atom is 0.317 e. The maximum absolute atomic E-state index is 11.0. The number of aliphatic carboxylic acids is 2. The summed E-state index contributed by atoms with van der Waals surface area (Å²) in [6.07, 6.45) is 4.69. The Morgan fingerprint density at radius 1 is 1.00 bits per heavy atom. The molecule has 0 bridgehead atoms. The molecule has 24 heavy (non-hydrogen) atoms. The molecule has 0 aromatic carbocycles. The van der Waals surface area contributed by atoms with Gasteiger partial charge >= 0.3 is 11.9 Å². The average Bonchev–Trinajstić information content (AvgIpc) is 2.59. The van der Waals surface area contributed by atoms with Gasteiger partial charge in [-0.3, -0.25) is 19.4 Å². The number of hydrogen-bond acceptors (Lipinski definition) is 7. The molecule has 1 rings (SSSR count). The van der Waals surface area contributed by atoms with E-state index in [0.29, 0.717) is 45.8 Å². The van der Waals surface area contributed by atoms with Crippen LogP contribution in [0.2, 0.25) is 0 Å². The summed E-state index contributed by atoms with van der Waals surface area (Å²) < 4.78 is 0. The fourth-order valence-corrected chi connectivity index (χ4v) is 2.51. The van der Waals surface area contributed by atoms with Gasteiger partial charge in [-0.1, -0.05) is 6.08 Å². The van der Waals surface area contributed by atoms with Crippen LogP contribution in [0.5, 0.6) is 0 Å². The second kappa shape index (κ2) is 11.7. The fraction of sp³-hybridized carbons (Fsp3) is 0.667. The van der Waals surface area contributed by atoms with Gasteiger partial charge in [0.05, 0.1) is 24.8 Å². The van der Waals surface area contributed by atoms with Gasteiger partial charge in [0.25, 0.3) is 0 Å². The number of carbonyl (C=O) groups is 2. The number of nitrogens with zero attached hydrogens (tertiary/aromatic N) is 4. The van der Waals surface area contributed by atoms with Crippen molar-refractivity contribution in [1.82, 2.24) is 14.7 Å². The van der Waals surface area contributed by atoms with Crippen LogP contribution in [0.4, 0.5) is 0 Å². The van der Waals surface area contributed by atoms with Crippen LogP contribution in [0.1, 0.15) is 6.42 Å². The number of isothiocyanates is 1. The van der Waals surface area contributed by atoms with Crippen molar-refractivity contribution in [3.8, 4) is 0 Å². The van der Waals surface area contributed by atoms with Gasteiger partial charge in [0.15, 0.2) is 0 Å². The molecule has 134 valence electrons. The van der Waals surface area contributed by atoms with E-state index in [1.54, 1.807) is 0 Å². The van der Waals surface area contributed by atoms with Gasteiger partial charge in [0.1, 0.15) is 0 Å². The van der Waals surface area contributed by atoms with E-state index in [0.717, 1.165) is 6.42 Å². The molecule has 2 N–H and O–H groups in total. The molecule has 1 aliphatic heterocycles. The van der Waals surface area contributed by atoms with Crippen LogP contribution in [-0.2, 0) is 9.59 Å². The minimum Gasteiger partial charge on any atom is -0.480 e. The van der Waals surface area contributed by atoms with E-state index in [2.05, 4.69) is 27.3 Å². The molecule has 1 saturated heterocycles. The van der Waals surface area contributed by atoms with Crippen molar-refractivity contribution in [2.45, 2.75) is 6.42 Å².